The quantitative estimate of drug-likeness (QED) is 0.422. The number of amides is 1. The first-order chi connectivity index (χ1) is 13.9. The highest BCUT2D eigenvalue weighted by atomic mass is 32.2. The molecule has 0 aromatic heterocycles. The molecule has 3 rings (SSSR count). The summed E-state index contributed by atoms with van der Waals surface area (Å²) >= 11 is 0. The molecule has 29 heavy (non-hydrogen) atoms. The van der Waals surface area contributed by atoms with Crippen LogP contribution in [0.25, 0.3) is 6.08 Å². The van der Waals surface area contributed by atoms with Crippen molar-refractivity contribution >= 4 is 27.7 Å². The number of methoxy groups -OCH3 is 1. The van der Waals surface area contributed by atoms with E-state index in [2.05, 4.69) is 4.90 Å². The normalized spacial score (nSPS) is 15.4. The van der Waals surface area contributed by atoms with Crippen molar-refractivity contribution in [1.29, 1.82) is 0 Å². The minimum absolute atomic E-state index is 0.168. The number of anilines is 1. The zero-order chi connectivity index (χ0) is 20.9. The smallest absolute Gasteiger partial charge is 0.267 e. The fraction of sp³-hybridized carbons (Fsp3) is 0.250. The van der Waals surface area contributed by atoms with E-state index in [0.717, 1.165) is 17.5 Å². The van der Waals surface area contributed by atoms with Crippen LogP contribution in [0.2, 0.25) is 0 Å². The molecule has 0 unspecified atom stereocenters. The number of hydrogen-bond acceptors (Lipinski definition) is 6. The van der Waals surface area contributed by atoms with Crippen LogP contribution in [0.3, 0.4) is 0 Å². The maximum atomic E-state index is 13.0. The second kappa shape index (κ2) is 9.08. The topological polar surface area (TPSA) is 99.2 Å². The third kappa shape index (κ3) is 4.94. The summed E-state index contributed by atoms with van der Waals surface area (Å²) in [5.41, 5.74) is 3.06. The first-order valence-corrected chi connectivity index (χ1v) is 10.5. The van der Waals surface area contributed by atoms with Crippen LogP contribution in [0.1, 0.15) is 5.56 Å². The number of ether oxygens (including phenoxy) is 1. The van der Waals surface area contributed by atoms with Gasteiger partial charge in [-0.3, -0.25) is 10.0 Å². The lowest BCUT2D eigenvalue weighted by Crippen LogP contribution is -2.48. The molecule has 8 nitrogen and oxygen atoms in total. The van der Waals surface area contributed by atoms with Crippen molar-refractivity contribution in [1.82, 2.24) is 9.79 Å². The van der Waals surface area contributed by atoms with Gasteiger partial charge in [-0.15, -0.1) is 0 Å². The molecule has 9 heteroatoms. The fourth-order valence-electron chi connectivity index (χ4n) is 3.12. The third-order valence-electron chi connectivity index (χ3n) is 4.71. The van der Waals surface area contributed by atoms with Gasteiger partial charge < -0.3 is 9.64 Å². The van der Waals surface area contributed by atoms with Gasteiger partial charge in [0.25, 0.3) is 5.91 Å². The summed E-state index contributed by atoms with van der Waals surface area (Å²) in [5.74, 6) is 0.0910. The lowest BCUT2D eigenvalue weighted by molar-refractivity contribution is -0.124. The molecule has 2 N–H and O–H groups in total. The Balaban J connectivity index is 1.69. The Morgan fingerprint density at radius 1 is 1.10 bits per heavy atom. The second-order valence-electron chi connectivity index (χ2n) is 6.47. The summed E-state index contributed by atoms with van der Waals surface area (Å²) in [6.45, 7) is 1.92. The number of carbonyl (C=O) groups excluding carboxylic acids is 1. The number of nitrogens with one attached hydrogen (secondary N) is 1. The zero-order valence-corrected chi connectivity index (χ0v) is 16.8. The fourth-order valence-corrected chi connectivity index (χ4v) is 4.59. The van der Waals surface area contributed by atoms with Gasteiger partial charge in [-0.25, -0.2) is 13.9 Å². The van der Waals surface area contributed by atoms with Crippen molar-refractivity contribution in [3.63, 3.8) is 0 Å². The largest absolute Gasteiger partial charge is 0.497 e. The summed E-state index contributed by atoms with van der Waals surface area (Å²) < 4.78 is 32.7. The molecule has 0 atom stereocenters. The van der Waals surface area contributed by atoms with Gasteiger partial charge >= 0.3 is 0 Å². The average molecular weight is 417 g/mol. The van der Waals surface area contributed by atoms with Crippen molar-refractivity contribution in [2.75, 3.05) is 38.2 Å². The van der Waals surface area contributed by atoms with Crippen molar-refractivity contribution in [2.45, 2.75) is 4.90 Å². The number of carbonyl (C=O) groups is 1. The maximum absolute atomic E-state index is 13.0. The molecule has 154 valence electrons. The Bertz CT molecular complexity index is 981. The van der Waals surface area contributed by atoms with Crippen molar-refractivity contribution < 1.29 is 23.2 Å². The molecule has 0 radical (unpaired) electrons. The molecular formula is C20H23N3O5S. The van der Waals surface area contributed by atoms with Crippen LogP contribution in [-0.2, 0) is 14.8 Å². The van der Waals surface area contributed by atoms with E-state index in [1.807, 2.05) is 24.3 Å². The van der Waals surface area contributed by atoms with Gasteiger partial charge in [0.15, 0.2) is 0 Å². The Morgan fingerprint density at radius 3 is 2.41 bits per heavy atom. The minimum Gasteiger partial charge on any atom is -0.497 e. The van der Waals surface area contributed by atoms with Crippen LogP contribution < -0.4 is 15.1 Å². The van der Waals surface area contributed by atoms with E-state index in [9.17, 15) is 13.2 Å². The van der Waals surface area contributed by atoms with Crippen molar-refractivity contribution in [3.8, 4) is 5.75 Å². The first-order valence-electron chi connectivity index (χ1n) is 9.05. The van der Waals surface area contributed by atoms with Crippen LogP contribution in [-0.4, -0.2) is 57.1 Å². The summed E-state index contributed by atoms with van der Waals surface area (Å²) in [5, 5.41) is 8.53. The summed E-state index contributed by atoms with van der Waals surface area (Å²) in [7, 11) is -2.03. The number of piperazine rings is 1. The van der Waals surface area contributed by atoms with Crippen LogP contribution in [0, 0.1) is 0 Å². The summed E-state index contributed by atoms with van der Waals surface area (Å²) in [4.78, 5) is 13.4. The van der Waals surface area contributed by atoms with Crippen molar-refractivity contribution in [2.24, 2.45) is 0 Å². The number of hydroxylamine groups is 1. The Hall–Kier alpha value is -2.88. The summed E-state index contributed by atoms with van der Waals surface area (Å²) in [6.07, 6.45) is 2.56. The van der Waals surface area contributed by atoms with Gasteiger partial charge in [0, 0.05) is 37.9 Å². The molecule has 1 amide bonds. The number of sulfonamides is 1. The van der Waals surface area contributed by atoms with Gasteiger partial charge in [-0.05, 0) is 48.0 Å². The molecule has 0 aliphatic carbocycles. The molecule has 2 aromatic rings. The van der Waals surface area contributed by atoms with Gasteiger partial charge in [0.2, 0.25) is 10.0 Å². The van der Waals surface area contributed by atoms with E-state index in [1.54, 1.807) is 19.2 Å². The van der Waals surface area contributed by atoms with Crippen LogP contribution >= 0.6 is 0 Å². The molecule has 1 fully saturated rings. The number of rotatable bonds is 6. The van der Waals surface area contributed by atoms with E-state index < -0.39 is 15.9 Å². The molecule has 1 aliphatic heterocycles. The number of nitrogens with zero attached hydrogens (tertiary/aromatic N) is 2. The second-order valence-corrected chi connectivity index (χ2v) is 8.41. The number of hydrogen-bond donors (Lipinski definition) is 2. The monoisotopic (exact) mass is 417 g/mol. The highest BCUT2D eigenvalue weighted by Crippen LogP contribution is 2.23. The molecule has 2 aromatic carbocycles. The van der Waals surface area contributed by atoms with Crippen LogP contribution in [0.4, 0.5) is 5.69 Å². The SMILES string of the molecule is COc1ccc(N2CCN(S(=O)(=O)c3cccc(/C=C/C(=O)NO)c3)CC2)cc1. The molecule has 1 aliphatic rings. The molecule has 0 saturated carbocycles. The Morgan fingerprint density at radius 2 is 1.79 bits per heavy atom. The Kier molecular flexibility index (Phi) is 6.53. The third-order valence-corrected chi connectivity index (χ3v) is 6.60. The van der Waals surface area contributed by atoms with Gasteiger partial charge in [0.05, 0.1) is 12.0 Å². The molecule has 1 heterocycles. The lowest BCUT2D eigenvalue weighted by Gasteiger charge is -2.35. The van der Waals surface area contributed by atoms with Crippen molar-refractivity contribution in [3.05, 3.63) is 60.2 Å². The standard InChI is InChI=1S/C20H23N3O5S/c1-28-18-8-6-17(7-9-18)22-11-13-23(14-12-22)29(26,27)19-4-2-3-16(15-19)5-10-20(24)21-25/h2-10,15,25H,11-14H2,1H3,(H,21,24)/b10-5+. The summed E-state index contributed by atoms with van der Waals surface area (Å²) in [6, 6.07) is 14.0. The van der Waals surface area contributed by atoms with Gasteiger partial charge in [-0.2, -0.15) is 4.31 Å². The number of benzene rings is 2. The van der Waals surface area contributed by atoms with Crippen LogP contribution in [0.15, 0.2) is 59.5 Å². The molecular weight excluding hydrogens is 394 g/mol. The minimum atomic E-state index is -3.64. The molecule has 1 saturated heterocycles. The van der Waals surface area contributed by atoms with E-state index in [0.29, 0.717) is 31.7 Å². The Labute approximate surface area is 170 Å². The van der Waals surface area contributed by atoms with Gasteiger partial charge in [-0.1, -0.05) is 12.1 Å². The first kappa shape index (κ1) is 20.8. The van der Waals surface area contributed by atoms with E-state index in [4.69, 9.17) is 9.94 Å². The predicted octanol–water partition coefficient (Wildman–Crippen LogP) is 1.72. The molecule has 0 spiro atoms. The average Bonchev–Trinajstić information content (AvgIpc) is 2.77. The predicted molar refractivity (Wildman–Crippen MR) is 109 cm³/mol. The van der Waals surface area contributed by atoms with Gasteiger partial charge in [0.1, 0.15) is 5.75 Å². The highest BCUT2D eigenvalue weighted by Gasteiger charge is 2.28. The maximum Gasteiger partial charge on any atom is 0.267 e. The lowest BCUT2D eigenvalue weighted by atomic mass is 10.2. The highest BCUT2D eigenvalue weighted by molar-refractivity contribution is 7.89. The van der Waals surface area contributed by atoms with E-state index in [-0.39, 0.29) is 4.90 Å². The van der Waals surface area contributed by atoms with E-state index in [1.165, 1.54) is 28.0 Å². The molecule has 0 bridgehead atoms. The van der Waals surface area contributed by atoms with E-state index >= 15 is 0 Å². The zero-order valence-electron chi connectivity index (χ0n) is 16.0. The van der Waals surface area contributed by atoms with Crippen LogP contribution in [0.5, 0.6) is 5.75 Å².